The van der Waals surface area contributed by atoms with Gasteiger partial charge >= 0.3 is 0 Å². The molecule has 0 unspecified atom stereocenters. The predicted octanol–water partition coefficient (Wildman–Crippen LogP) is 2.80. The molecule has 1 aromatic heterocycles. The Hall–Kier alpha value is -1.53. The number of hydrogen-bond donors (Lipinski definition) is 1. The van der Waals surface area contributed by atoms with E-state index >= 15 is 0 Å². The minimum Gasteiger partial charge on any atom is -0.493 e. The van der Waals surface area contributed by atoms with Gasteiger partial charge in [-0.15, -0.1) is 0 Å². The fourth-order valence-electron chi connectivity index (χ4n) is 2.19. The Balaban J connectivity index is 2.26. The molecule has 1 N–H and O–H groups in total. The maximum atomic E-state index is 6.02. The fourth-order valence-corrected chi connectivity index (χ4v) is 2.64. The van der Waals surface area contributed by atoms with Crippen LogP contribution in [-0.4, -0.2) is 23.9 Å². The minimum atomic E-state index is 0.426. The lowest BCUT2D eigenvalue weighted by molar-refractivity contribution is 0.271. The smallest absolute Gasteiger partial charge is 0.166 e. The highest BCUT2D eigenvalue weighted by molar-refractivity contribution is 9.10. The second kappa shape index (κ2) is 6.95. The number of benzene rings is 1. The highest BCUT2D eigenvalue weighted by Gasteiger charge is 2.14. The van der Waals surface area contributed by atoms with Crippen LogP contribution < -0.4 is 14.8 Å². The molecule has 0 atom stereocenters. The van der Waals surface area contributed by atoms with Crippen LogP contribution in [0.4, 0.5) is 0 Å². The highest BCUT2D eigenvalue weighted by atomic mass is 79.9. The summed E-state index contributed by atoms with van der Waals surface area (Å²) >= 11 is 3.55. The van der Waals surface area contributed by atoms with E-state index in [0.717, 1.165) is 39.5 Å². The van der Waals surface area contributed by atoms with E-state index in [4.69, 9.17) is 9.47 Å². The second-order valence-electron chi connectivity index (χ2n) is 4.74. The zero-order chi connectivity index (χ0) is 15.4. The van der Waals surface area contributed by atoms with Crippen molar-refractivity contribution in [1.29, 1.82) is 0 Å². The Morgan fingerprint density at radius 1 is 1.38 bits per heavy atom. The number of aromatic nitrogens is 2. The fraction of sp³-hybridized carbons (Fsp3) is 0.400. The van der Waals surface area contributed by atoms with Gasteiger partial charge in [-0.1, -0.05) is 12.1 Å². The first kappa shape index (κ1) is 15.9. The number of rotatable bonds is 6. The molecule has 6 heteroatoms. The Morgan fingerprint density at radius 3 is 2.71 bits per heavy atom. The van der Waals surface area contributed by atoms with Crippen LogP contribution >= 0.6 is 15.9 Å². The van der Waals surface area contributed by atoms with E-state index in [-0.39, 0.29) is 0 Å². The molecule has 2 aromatic rings. The molecule has 2 rings (SSSR count). The lowest BCUT2D eigenvalue weighted by atomic mass is 10.2. The van der Waals surface area contributed by atoms with Gasteiger partial charge in [0.05, 0.1) is 23.0 Å². The Bertz CT molecular complexity index is 626. The van der Waals surface area contributed by atoms with Crippen molar-refractivity contribution < 1.29 is 9.47 Å². The second-order valence-corrected chi connectivity index (χ2v) is 5.53. The lowest BCUT2D eigenvalue weighted by Gasteiger charge is -2.15. The van der Waals surface area contributed by atoms with Crippen LogP contribution in [0.5, 0.6) is 11.5 Å². The zero-order valence-corrected chi connectivity index (χ0v) is 14.3. The number of hydrogen-bond acceptors (Lipinski definition) is 4. The number of methoxy groups -OCH3 is 1. The van der Waals surface area contributed by atoms with Crippen LogP contribution in [0.1, 0.15) is 17.0 Å². The summed E-state index contributed by atoms with van der Waals surface area (Å²) in [6.07, 6.45) is 0. The first-order valence-electron chi connectivity index (χ1n) is 6.69. The van der Waals surface area contributed by atoms with E-state index in [1.807, 2.05) is 43.9 Å². The van der Waals surface area contributed by atoms with Crippen LogP contribution in [0.3, 0.4) is 0 Å². The third kappa shape index (κ3) is 3.39. The molecule has 0 spiro atoms. The van der Waals surface area contributed by atoms with Crippen LogP contribution in [0, 0.1) is 6.92 Å². The number of para-hydroxylation sites is 1. The number of ether oxygens (including phenoxy) is 2. The lowest BCUT2D eigenvalue weighted by Crippen LogP contribution is -2.10. The van der Waals surface area contributed by atoms with Crippen LogP contribution in [-0.2, 0) is 20.2 Å². The van der Waals surface area contributed by atoms with Gasteiger partial charge in [-0.25, -0.2) is 0 Å². The van der Waals surface area contributed by atoms with E-state index in [1.165, 1.54) is 0 Å². The summed E-state index contributed by atoms with van der Waals surface area (Å²) in [5.74, 6) is 1.50. The highest BCUT2D eigenvalue weighted by Crippen LogP contribution is 2.32. The molecule has 0 radical (unpaired) electrons. The molecule has 0 saturated carbocycles. The quantitative estimate of drug-likeness (QED) is 0.867. The van der Waals surface area contributed by atoms with E-state index in [9.17, 15) is 0 Å². The average Bonchev–Trinajstić information content (AvgIpc) is 2.71. The summed E-state index contributed by atoms with van der Waals surface area (Å²) in [5.41, 5.74) is 3.01. The van der Waals surface area contributed by atoms with Crippen molar-refractivity contribution in [3.63, 3.8) is 0 Å². The monoisotopic (exact) mass is 353 g/mol. The van der Waals surface area contributed by atoms with Gasteiger partial charge < -0.3 is 14.8 Å². The van der Waals surface area contributed by atoms with Crippen molar-refractivity contribution >= 4 is 15.9 Å². The van der Waals surface area contributed by atoms with Gasteiger partial charge in [-0.3, -0.25) is 4.68 Å². The zero-order valence-electron chi connectivity index (χ0n) is 12.7. The van der Waals surface area contributed by atoms with Gasteiger partial charge in [-0.05, 0) is 36.0 Å². The molecule has 1 aromatic carbocycles. The summed E-state index contributed by atoms with van der Waals surface area (Å²) < 4.78 is 14.2. The first-order valence-corrected chi connectivity index (χ1v) is 7.49. The molecule has 5 nitrogen and oxygen atoms in total. The van der Waals surface area contributed by atoms with Crippen molar-refractivity contribution in [1.82, 2.24) is 15.1 Å². The Labute approximate surface area is 133 Å². The Morgan fingerprint density at radius 2 is 2.14 bits per heavy atom. The summed E-state index contributed by atoms with van der Waals surface area (Å²) in [7, 11) is 5.47. The molecular weight excluding hydrogens is 334 g/mol. The van der Waals surface area contributed by atoms with Crippen molar-refractivity contribution in [3.8, 4) is 11.5 Å². The van der Waals surface area contributed by atoms with Gasteiger partial charge in [0, 0.05) is 19.2 Å². The van der Waals surface area contributed by atoms with Gasteiger partial charge in [0.15, 0.2) is 11.5 Å². The summed E-state index contributed by atoms with van der Waals surface area (Å²) in [6.45, 7) is 3.11. The van der Waals surface area contributed by atoms with Gasteiger partial charge in [-0.2, -0.15) is 5.10 Å². The van der Waals surface area contributed by atoms with E-state index in [2.05, 4.69) is 26.3 Å². The molecular formula is C15H20BrN3O2. The summed E-state index contributed by atoms with van der Waals surface area (Å²) in [4.78, 5) is 0. The van der Waals surface area contributed by atoms with Crippen molar-refractivity contribution in [3.05, 3.63) is 39.6 Å². The molecule has 0 fully saturated rings. The van der Waals surface area contributed by atoms with E-state index in [0.29, 0.717) is 6.61 Å². The predicted molar refractivity (Wildman–Crippen MR) is 85.7 cm³/mol. The van der Waals surface area contributed by atoms with E-state index < -0.39 is 0 Å². The number of aryl methyl sites for hydroxylation is 2. The number of halogens is 1. The molecule has 0 aliphatic heterocycles. The molecule has 0 aliphatic carbocycles. The van der Waals surface area contributed by atoms with E-state index in [1.54, 1.807) is 7.11 Å². The Kier molecular flexibility index (Phi) is 5.25. The normalized spacial score (nSPS) is 10.7. The van der Waals surface area contributed by atoms with Crippen LogP contribution in [0.15, 0.2) is 22.7 Å². The largest absolute Gasteiger partial charge is 0.493 e. The minimum absolute atomic E-state index is 0.426. The number of nitrogens with zero attached hydrogens (tertiary/aromatic N) is 2. The standard InChI is InChI=1S/C15H20BrN3O2/c1-10-14(16)12(19(3)18-10)9-21-15-11(8-17-2)6-5-7-13(15)20-4/h5-7,17H,8-9H2,1-4H3. The van der Waals surface area contributed by atoms with Gasteiger partial charge in [0.1, 0.15) is 6.61 Å². The maximum absolute atomic E-state index is 6.02. The molecule has 1 heterocycles. The van der Waals surface area contributed by atoms with Gasteiger partial charge in [0.25, 0.3) is 0 Å². The molecule has 0 bridgehead atoms. The van der Waals surface area contributed by atoms with Gasteiger partial charge in [0.2, 0.25) is 0 Å². The van der Waals surface area contributed by atoms with Crippen LogP contribution in [0.25, 0.3) is 0 Å². The SMILES string of the molecule is CNCc1cccc(OC)c1OCc1c(Br)c(C)nn1C. The topological polar surface area (TPSA) is 48.3 Å². The molecule has 0 amide bonds. The molecule has 114 valence electrons. The first-order chi connectivity index (χ1) is 10.1. The molecule has 0 aliphatic rings. The van der Waals surface area contributed by atoms with Crippen LogP contribution in [0.2, 0.25) is 0 Å². The molecule has 0 saturated heterocycles. The molecule has 21 heavy (non-hydrogen) atoms. The van der Waals surface area contributed by atoms with Crippen molar-refractivity contribution in [2.24, 2.45) is 7.05 Å². The van der Waals surface area contributed by atoms with Crippen molar-refractivity contribution in [2.75, 3.05) is 14.2 Å². The summed E-state index contributed by atoms with van der Waals surface area (Å²) in [5, 5.41) is 7.51. The average molecular weight is 354 g/mol. The third-order valence-corrected chi connectivity index (χ3v) is 4.29. The maximum Gasteiger partial charge on any atom is 0.166 e. The third-order valence-electron chi connectivity index (χ3n) is 3.26. The number of nitrogens with one attached hydrogen (secondary N) is 1. The van der Waals surface area contributed by atoms with Crippen molar-refractivity contribution in [2.45, 2.75) is 20.1 Å². The summed E-state index contributed by atoms with van der Waals surface area (Å²) in [6, 6.07) is 5.89.